The van der Waals surface area contributed by atoms with Gasteiger partial charge in [0.15, 0.2) is 22.5 Å². The molecule has 0 bridgehead atoms. The van der Waals surface area contributed by atoms with Gasteiger partial charge < -0.3 is 18.7 Å². The summed E-state index contributed by atoms with van der Waals surface area (Å²) in [7, 11) is 0. The maximum absolute atomic E-state index is 14.1. The molecule has 256 valence electrons. The summed E-state index contributed by atoms with van der Waals surface area (Å²) in [6.07, 6.45) is -0.332. The highest BCUT2D eigenvalue weighted by Gasteiger charge is 2.53. The van der Waals surface area contributed by atoms with Crippen LogP contribution in [0.15, 0.2) is 82.1 Å². The molecule has 0 aliphatic rings. The van der Waals surface area contributed by atoms with Gasteiger partial charge in [-0.15, -0.1) is 5.10 Å². The maximum atomic E-state index is 14.1. The van der Waals surface area contributed by atoms with E-state index in [2.05, 4.69) is 15.5 Å². The summed E-state index contributed by atoms with van der Waals surface area (Å²) in [5, 5.41) is 12.8. The van der Waals surface area contributed by atoms with Crippen molar-refractivity contribution in [2.24, 2.45) is 5.41 Å². The van der Waals surface area contributed by atoms with Gasteiger partial charge in [-0.3, -0.25) is 19.2 Å². The minimum Gasteiger partial charge on any atom is -0.493 e. The van der Waals surface area contributed by atoms with Crippen LogP contribution < -0.4 is 10.3 Å². The largest absolute Gasteiger partial charge is 0.493 e. The van der Waals surface area contributed by atoms with Crippen molar-refractivity contribution in [2.45, 2.75) is 78.6 Å². The molecule has 0 unspecified atom stereocenters. The molecule has 0 fully saturated rings. The molecule has 12 nitrogen and oxygen atoms in total. The zero-order valence-corrected chi connectivity index (χ0v) is 28.5. The van der Waals surface area contributed by atoms with E-state index in [1.54, 1.807) is 84.0 Å². The van der Waals surface area contributed by atoms with Gasteiger partial charge in [0.05, 0.1) is 17.4 Å². The Morgan fingerprint density at radius 1 is 0.816 bits per heavy atom. The van der Waals surface area contributed by atoms with E-state index in [4.69, 9.17) is 18.7 Å². The maximum Gasteiger partial charge on any atom is 0.324 e. The highest BCUT2D eigenvalue weighted by atomic mass is 16.6. The fourth-order valence-corrected chi connectivity index (χ4v) is 5.24. The van der Waals surface area contributed by atoms with E-state index in [1.165, 1.54) is 0 Å². The van der Waals surface area contributed by atoms with Crippen LogP contribution in [0.4, 0.5) is 0 Å². The van der Waals surface area contributed by atoms with Crippen molar-refractivity contribution in [2.75, 3.05) is 6.61 Å². The smallest absolute Gasteiger partial charge is 0.324 e. The number of benzene rings is 3. The number of ether oxygens (including phenoxy) is 3. The summed E-state index contributed by atoms with van der Waals surface area (Å²) in [5.41, 5.74) is -2.96. The van der Waals surface area contributed by atoms with Crippen LogP contribution in [-0.4, -0.2) is 55.7 Å². The Kier molecular flexibility index (Phi) is 9.98. The van der Waals surface area contributed by atoms with Crippen LogP contribution in [-0.2, 0) is 32.0 Å². The lowest BCUT2D eigenvalue weighted by Gasteiger charge is -2.34. The van der Waals surface area contributed by atoms with Gasteiger partial charge in [0.25, 0.3) is 5.56 Å². The van der Waals surface area contributed by atoms with Crippen molar-refractivity contribution in [3.05, 3.63) is 94.4 Å². The van der Waals surface area contributed by atoms with Crippen LogP contribution in [0.5, 0.6) is 5.75 Å². The molecular formula is C37H40N4O8. The van der Waals surface area contributed by atoms with E-state index in [9.17, 15) is 19.2 Å². The molecular weight excluding hydrogens is 628 g/mol. The molecule has 0 saturated carbocycles. The molecule has 12 heteroatoms. The average Bonchev–Trinajstić information content (AvgIpc) is 3.46. The normalized spacial score (nSPS) is 12.2. The molecule has 0 radical (unpaired) electrons. The molecule has 0 saturated heterocycles. The summed E-state index contributed by atoms with van der Waals surface area (Å²) in [6, 6.07) is 21.6. The molecule has 5 rings (SSSR count). The zero-order valence-electron chi connectivity index (χ0n) is 28.5. The SMILES string of the molecule is CC(C)(C)OC(=O)C(CCn1nnc2ccccc2c1=O)(CC(=O)c1noc2cc(OCCc3ccccc3)ccc12)C(=O)OC(C)(C)C. The molecule has 3 aromatic carbocycles. The number of fused-ring (bicyclic) bond motifs is 2. The highest BCUT2D eigenvalue weighted by Crippen LogP contribution is 2.37. The Hall–Kier alpha value is -5.39. The minimum absolute atomic E-state index is 0.0787. The molecule has 0 aliphatic heterocycles. The average molecular weight is 669 g/mol. The number of hydrogen-bond acceptors (Lipinski definition) is 11. The number of aryl methyl sites for hydroxylation is 1. The molecule has 0 aliphatic carbocycles. The summed E-state index contributed by atoms with van der Waals surface area (Å²) in [6.45, 7) is 10.1. The van der Waals surface area contributed by atoms with Crippen LogP contribution in [0, 0.1) is 5.41 Å². The molecule has 0 N–H and O–H groups in total. The fourth-order valence-electron chi connectivity index (χ4n) is 5.24. The Morgan fingerprint density at radius 2 is 1.47 bits per heavy atom. The van der Waals surface area contributed by atoms with Gasteiger partial charge in [0.2, 0.25) is 0 Å². The summed E-state index contributed by atoms with van der Waals surface area (Å²) < 4.78 is 24.0. The van der Waals surface area contributed by atoms with E-state index < -0.39 is 46.3 Å². The predicted octanol–water partition coefficient (Wildman–Crippen LogP) is 5.89. The second-order valence-electron chi connectivity index (χ2n) is 13.8. The van der Waals surface area contributed by atoms with Gasteiger partial charge in [-0.05, 0) is 77.8 Å². The van der Waals surface area contributed by atoms with Crippen LogP contribution in [0.2, 0.25) is 0 Å². The van der Waals surface area contributed by atoms with Gasteiger partial charge in [-0.1, -0.05) is 52.8 Å². The highest BCUT2D eigenvalue weighted by molar-refractivity contribution is 6.11. The number of hydrogen-bond donors (Lipinski definition) is 0. The van der Waals surface area contributed by atoms with Crippen LogP contribution in [0.1, 0.15) is 70.4 Å². The molecule has 5 aromatic rings. The van der Waals surface area contributed by atoms with E-state index in [1.807, 2.05) is 30.3 Å². The lowest BCUT2D eigenvalue weighted by molar-refractivity contribution is -0.186. The minimum atomic E-state index is -2.18. The van der Waals surface area contributed by atoms with Crippen molar-refractivity contribution < 1.29 is 33.1 Å². The summed E-state index contributed by atoms with van der Waals surface area (Å²) >= 11 is 0. The van der Waals surface area contributed by atoms with Crippen LogP contribution >= 0.6 is 0 Å². The van der Waals surface area contributed by atoms with E-state index >= 15 is 0 Å². The molecule has 0 spiro atoms. The van der Waals surface area contributed by atoms with Crippen molar-refractivity contribution in [1.29, 1.82) is 0 Å². The third-order valence-electron chi connectivity index (χ3n) is 7.63. The predicted molar refractivity (Wildman–Crippen MR) is 181 cm³/mol. The number of carbonyl (C=O) groups is 3. The Labute approximate surface area is 283 Å². The fraction of sp³-hybridized carbons (Fsp3) is 0.378. The Bertz CT molecular complexity index is 2010. The number of esters is 2. The Balaban J connectivity index is 1.47. The first-order chi connectivity index (χ1) is 23.1. The Morgan fingerprint density at radius 3 is 2.14 bits per heavy atom. The van der Waals surface area contributed by atoms with E-state index in [0.29, 0.717) is 40.6 Å². The number of Topliss-reactive ketones (excluding diaryl/α,β-unsaturated/α-hetero) is 1. The second-order valence-corrected chi connectivity index (χ2v) is 13.8. The van der Waals surface area contributed by atoms with Gasteiger partial charge in [0.1, 0.15) is 22.5 Å². The summed E-state index contributed by atoms with van der Waals surface area (Å²) in [5.74, 6) is -2.10. The lowest BCUT2D eigenvalue weighted by Crippen LogP contribution is -2.49. The van der Waals surface area contributed by atoms with Crippen molar-refractivity contribution >= 4 is 39.6 Å². The number of ketones is 1. The number of aromatic nitrogens is 4. The zero-order chi connectivity index (χ0) is 35.4. The quantitative estimate of drug-likeness (QED) is 0.0889. The van der Waals surface area contributed by atoms with Crippen molar-refractivity contribution in [1.82, 2.24) is 20.2 Å². The second kappa shape index (κ2) is 14.0. The lowest BCUT2D eigenvalue weighted by atomic mass is 9.78. The van der Waals surface area contributed by atoms with Gasteiger partial charge in [-0.2, -0.15) is 0 Å². The monoisotopic (exact) mass is 668 g/mol. The first kappa shape index (κ1) is 34.9. The van der Waals surface area contributed by atoms with Crippen molar-refractivity contribution in [3.8, 4) is 5.75 Å². The molecule has 0 atom stereocenters. The molecule has 0 amide bonds. The van der Waals surface area contributed by atoms with Gasteiger partial charge in [-0.25, -0.2) is 4.68 Å². The number of nitrogens with zero attached hydrogens (tertiary/aromatic N) is 4. The first-order valence-corrected chi connectivity index (χ1v) is 16.0. The topological polar surface area (TPSA) is 153 Å². The number of rotatable bonds is 12. The van der Waals surface area contributed by atoms with Gasteiger partial charge in [0, 0.05) is 25.5 Å². The van der Waals surface area contributed by atoms with Crippen LogP contribution in [0.25, 0.3) is 21.9 Å². The van der Waals surface area contributed by atoms with E-state index in [-0.39, 0.29) is 18.7 Å². The number of carbonyl (C=O) groups excluding carboxylic acids is 3. The molecule has 49 heavy (non-hydrogen) atoms. The van der Waals surface area contributed by atoms with Crippen molar-refractivity contribution in [3.63, 3.8) is 0 Å². The third kappa shape index (κ3) is 8.37. The van der Waals surface area contributed by atoms with E-state index in [0.717, 1.165) is 10.2 Å². The van der Waals surface area contributed by atoms with Gasteiger partial charge >= 0.3 is 11.9 Å². The molecule has 2 heterocycles. The standard InChI is InChI=1S/C37H40N4O8/c1-35(2,3)47-33(44)37(34(45)48-36(4,5)6,19-20-41-32(43)26-14-10-11-15-28(26)38-40-41)23-29(42)31-27-17-16-25(22-30(27)49-39-31)46-21-18-24-12-8-7-9-13-24/h7-17,22H,18-21,23H2,1-6H3. The third-order valence-corrected chi connectivity index (χ3v) is 7.63. The van der Waals surface area contributed by atoms with Crippen LogP contribution in [0.3, 0.4) is 0 Å². The summed E-state index contributed by atoms with van der Waals surface area (Å²) in [4.78, 5) is 55.5. The molecule has 2 aromatic heterocycles. The first-order valence-electron chi connectivity index (χ1n) is 16.0.